The zero-order chi connectivity index (χ0) is 15.5. The maximum Gasteiger partial charge on any atom is 0.416 e. The molecule has 118 valence electrons. The van der Waals surface area contributed by atoms with E-state index in [1.54, 1.807) is 0 Å². The van der Waals surface area contributed by atoms with Gasteiger partial charge in [-0.05, 0) is 50.6 Å². The van der Waals surface area contributed by atoms with E-state index in [4.69, 9.17) is 10.5 Å². The first-order valence-electron chi connectivity index (χ1n) is 7.19. The van der Waals surface area contributed by atoms with E-state index in [1.165, 1.54) is 12.1 Å². The molecule has 1 fully saturated rings. The maximum atomic E-state index is 12.8. The second-order valence-electron chi connectivity index (χ2n) is 5.38. The normalized spacial score (nSPS) is 20.0. The third kappa shape index (κ3) is 4.11. The van der Waals surface area contributed by atoms with Crippen LogP contribution in [-0.4, -0.2) is 31.1 Å². The van der Waals surface area contributed by atoms with Crippen LogP contribution in [0.4, 0.5) is 13.2 Å². The number of halogens is 3. The molecule has 3 nitrogen and oxygen atoms in total. The molecule has 1 aliphatic rings. The van der Waals surface area contributed by atoms with Crippen molar-refractivity contribution in [3.8, 4) is 5.75 Å². The molecule has 6 heteroatoms. The van der Waals surface area contributed by atoms with Crippen LogP contribution in [0.2, 0.25) is 0 Å². The summed E-state index contributed by atoms with van der Waals surface area (Å²) in [6, 6.07) is 3.68. The van der Waals surface area contributed by atoms with Crippen LogP contribution in [0.3, 0.4) is 0 Å². The third-order valence-electron chi connectivity index (χ3n) is 3.78. The highest BCUT2D eigenvalue weighted by Gasteiger charge is 2.31. The van der Waals surface area contributed by atoms with Crippen molar-refractivity contribution in [3.63, 3.8) is 0 Å². The minimum Gasteiger partial charge on any atom is -0.494 e. The quantitative estimate of drug-likeness (QED) is 0.909. The van der Waals surface area contributed by atoms with Gasteiger partial charge in [0.25, 0.3) is 0 Å². The summed E-state index contributed by atoms with van der Waals surface area (Å²) in [5, 5.41) is 0. The minimum absolute atomic E-state index is 0.434. The third-order valence-corrected chi connectivity index (χ3v) is 3.78. The van der Waals surface area contributed by atoms with E-state index in [0.717, 1.165) is 25.6 Å². The molecule has 2 N–H and O–H groups in total. The molecule has 0 amide bonds. The van der Waals surface area contributed by atoms with E-state index in [-0.39, 0.29) is 0 Å². The minimum atomic E-state index is -4.33. The number of hydrogen-bond donors (Lipinski definition) is 1. The van der Waals surface area contributed by atoms with Gasteiger partial charge in [0.2, 0.25) is 0 Å². The van der Waals surface area contributed by atoms with Crippen molar-refractivity contribution in [3.05, 3.63) is 29.3 Å². The van der Waals surface area contributed by atoms with E-state index < -0.39 is 11.7 Å². The summed E-state index contributed by atoms with van der Waals surface area (Å²) >= 11 is 0. The molecule has 0 radical (unpaired) electrons. The van der Waals surface area contributed by atoms with E-state index in [9.17, 15) is 13.2 Å². The molecule has 0 saturated carbocycles. The number of hydrogen-bond acceptors (Lipinski definition) is 3. The molecule has 1 aromatic carbocycles. The van der Waals surface area contributed by atoms with Crippen molar-refractivity contribution in [1.82, 2.24) is 4.90 Å². The predicted molar refractivity (Wildman–Crippen MR) is 75.1 cm³/mol. The Balaban J connectivity index is 2.18. The SMILES string of the molecule is CCOc1ccc(C(F)(F)F)cc1CN1CC[C@@H](CN)C1. The van der Waals surface area contributed by atoms with E-state index in [2.05, 4.69) is 4.90 Å². The van der Waals surface area contributed by atoms with E-state index in [0.29, 0.717) is 36.9 Å². The lowest BCUT2D eigenvalue weighted by Crippen LogP contribution is -2.23. The van der Waals surface area contributed by atoms with Crippen molar-refractivity contribution in [2.45, 2.75) is 26.1 Å². The largest absolute Gasteiger partial charge is 0.494 e. The first-order valence-corrected chi connectivity index (χ1v) is 7.19. The Kier molecular flexibility index (Phi) is 5.11. The van der Waals surface area contributed by atoms with Gasteiger partial charge in [0.15, 0.2) is 0 Å². The second kappa shape index (κ2) is 6.66. The predicted octanol–water partition coefficient (Wildman–Crippen LogP) is 2.88. The zero-order valence-electron chi connectivity index (χ0n) is 12.1. The standard InChI is InChI=1S/C15H21F3N2O/c1-2-21-14-4-3-13(15(16,17)18)7-12(14)10-20-6-5-11(8-19)9-20/h3-4,7,11H,2,5-6,8-10,19H2,1H3/t11-/m0/s1. The maximum absolute atomic E-state index is 12.8. The number of rotatable bonds is 5. The van der Waals surface area contributed by atoms with E-state index in [1.807, 2.05) is 6.92 Å². The summed E-state index contributed by atoms with van der Waals surface area (Å²) in [5.41, 5.74) is 5.61. The van der Waals surface area contributed by atoms with E-state index >= 15 is 0 Å². The van der Waals surface area contributed by atoms with Crippen LogP contribution in [0.1, 0.15) is 24.5 Å². The number of benzene rings is 1. The fraction of sp³-hybridized carbons (Fsp3) is 0.600. The Hall–Kier alpha value is -1.27. The van der Waals surface area contributed by atoms with Crippen molar-refractivity contribution in [2.75, 3.05) is 26.2 Å². The molecule has 2 rings (SSSR count). The first kappa shape index (κ1) is 16.1. The number of ether oxygens (including phenoxy) is 1. The molecule has 0 aromatic heterocycles. The Labute approximate surface area is 122 Å². The highest BCUT2D eigenvalue weighted by Crippen LogP contribution is 2.33. The lowest BCUT2D eigenvalue weighted by Gasteiger charge is -2.19. The molecule has 0 aliphatic carbocycles. The average molecular weight is 302 g/mol. The molecule has 21 heavy (non-hydrogen) atoms. The van der Waals surface area contributed by atoms with Gasteiger partial charge < -0.3 is 10.5 Å². The second-order valence-corrected chi connectivity index (χ2v) is 5.38. The molecule has 1 heterocycles. The molecule has 0 bridgehead atoms. The van der Waals surface area contributed by atoms with Gasteiger partial charge in [-0.15, -0.1) is 0 Å². The highest BCUT2D eigenvalue weighted by atomic mass is 19.4. The van der Waals surface area contributed by atoms with Crippen LogP contribution in [0.15, 0.2) is 18.2 Å². The van der Waals surface area contributed by atoms with Crippen LogP contribution >= 0.6 is 0 Å². The van der Waals surface area contributed by atoms with Gasteiger partial charge in [-0.2, -0.15) is 13.2 Å². The Morgan fingerprint density at radius 1 is 1.38 bits per heavy atom. The highest BCUT2D eigenvalue weighted by molar-refractivity contribution is 5.38. The van der Waals surface area contributed by atoms with Crippen molar-refractivity contribution < 1.29 is 17.9 Å². The summed E-state index contributed by atoms with van der Waals surface area (Å²) in [6.07, 6.45) is -3.33. The van der Waals surface area contributed by atoms with Gasteiger partial charge in [-0.25, -0.2) is 0 Å². The molecule has 1 atom stereocenters. The first-order chi connectivity index (χ1) is 9.94. The molecular formula is C15H21F3N2O. The topological polar surface area (TPSA) is 38.5 Å². The monoisotopic (exact) mass is 302 g/mol. The molecule has 0 unspecified atom stereocenters. The van der Waals surface area contributed by atoms with Crippen LogP contribution in [0.5, 0.6) is 5.75 Å². The van der Waals surface area contributed by atoms with Gasteiger partial charge in [-0.3, -0.25) is 4.90 Å². The van der Waals surface area contributed by atoms with Crippen molar-refractivity contribution >= 4 is 0 Å². The Morgan fingerprint density at radius 2 is 2.14 bits per heavy atom. The lowest BCUT2D eigenvalue weighted by molar-refractivity contribution is -0.137. The smallest absolute Gasteiger partial charge is 0.416 e. The molecule has 0 spiro atoms. The van der Waals surface area contributed by atoms with Gasteiger partial charge in [0.1, 0.15) is 5.75 Å². The van der Waals surface area contributed by atoms with Crippen LogP contribution in [0.25, 0.3) is 0 Å². The summed E-state index contributed by atoms with van der Waals surface area (Å²) in [6.45, 7) is 5.04. The molecule has 1 saturated heterocycles. The van der Waals surface area contributed by atoms with Gasteiger partial charge in [0.05, 0.1) is 12.2 Å². The summed E-state index contributed by atoms with van der Waals surface area (Å²) in [5.74, 6) is 0.966. The van der Waals surface area contributed by atoms with Crippen LogP contribution in [-0.2, 0) is 12.7 Å². The molecule has 1 aromatic rings. The molecule has 1 aliphatic heterocycles. The molecular weight excluding hydrogens is 281 g/mol. The summed E-state index contributed by atoms with van der Waals surface area (Å²) in [7, 11) is 0. The average Bonchev–Trinajstić information content (AvgIpc) is 2.87. The number of alkyl halides is 3. The Bertz CT molecular complexity index is 476. The number of nitrogens with two attached hydrogens (primary N) is 1. The van der Waals surface area contributed by atoms with Gasteiger partial charge in [-0.1, -0.05) is 0 Å². The number of likely N-dealkylation sites (tertiary alicyclic amines) is 1. The van der Waals surface area contributed by atoms with Gasteiger partial charge in [0, 0.05) is 18.7 Å². The lowest BCUT2D eigenvalue weighted by atomic mass is 10.1. The number of nitrogens with zero attached hydrogens (tertiary/aromatic N) is 1. The fourth-order valence-electron chi connectivity index (χ4n) is 2.67. The summed E-state index contributed by atoms with van der Waals surface area (Å²) < 4.78 is 44.0. The van der Waals surface area contributed by atoms with Gasteiger partial charge >= 0.3 is 6.18 Å². The fourth-order valence-corrected chi connectivity index (χ4v) is 2.67. The van der Waals surface area contributed by atoms with Crippen molar-refractivity contribution in [1.29, 1.82) is 0 Å². The zero-order valence-corrected chi connectivity index (χ0v) is 12.1. The van der Waals surface area contributed by atoms with Crippen LogP contribution < -0.4 is 10.5 Å². The summed E-state index contributed by atoms with van der Waals surface area (Å²) in [4.78, 5) is 2.13. The van der Waals surface area contributed by atoms with Crippen molar-refractivity contribution in [2.24, 2.45) is 11.7 Å². The van der Waals surface area contributed by atoms with Crippen LogP contribution in [0, 0.1) is 5.92 Å². The Morgan fingerprint density at radius 3 is 2.71 bits per heavy atom.